The SMILES string of the molecule is Cn1cc(-c2cnc(-c3cccnc3)nc2)cc1C(=O)NCC(C)(C)CO. The van der Waals surface area contributed by atoms with Crippen LogP contribution in [0.3, 0.4) is 0 Å². The van der Waals surface area contributed by atoms with Crippen molar-refractivity contribution in [3.05, 3.63) is 54.9 Å². The Bertz CT molecular complexity index is 917. The number of aromatic nitrogens is 4. The van der Waals surface area contributed by atoms with Gasteiger partial charge in [-0.1, -0.05) is 13.8 Å². The molecule has 1 amide bonds. The summed E-state index contributed by atoms with van der Waals surface area (Å²) in [6.45, 7) is 4.19. The van der Waals surface area contributed by atoms with E-state index in [0.717, 1.165) is 16.7 Å². The smallest absolute Gasteiger partial charge is 0.267 e. The molecule has 0 bridgehead atoms. The van der Waals surface area contributed by atoms with Crippen molar-refractivity contribution in [2.24, 2.45) is 12.5 Å². The largest absolute Gasteiger partial charge is 0.396 e. The molecule has 27 heavy (non-hydrogen) atoms. The standard InChI is InChI=1S/C20H23N5O2/c1-20(2,13-26)12-24-19(27)17-7-15(11-25(17)3)16-9-22-18(23-10-16)14-5-4-6-21-8-14/h4-11,26H,12-13H2,1-3H3,(H,24,27). The lowest BCUT2D eigenvalue weighted by Crippen LogP contribution is -2.36. The summed E-state index contributed by atoms with van der Waals surface area (Å²) >= 11 is 0. The van der Waals surface area contributed by atoms with Crippen LogP contribution in [-0.2, 0) is 7.05 Å². The van der Waals surface area contributed by atoms with Crippen LogP contribution >= 0.6 is 0 Å². The van der Waals surface area contributed by atoms with E-state index in [1.54, 1.807) is 29.4 Å². The molecule has 0 atom stereocenters. The molecule has 3 aromatic heterocycles. The first kappa shape index (κ1) is 18.7. The first-order valence-corrected chi connectivity index (χ1v) is 8.68. The Morgan fingerprint density at radius 1 is 1.19 bits per heavy atom. The topological polar surface area (TPSA) is 92.9 Å². The minimum absolute atomic E-state index is 0.00624. The molecule has 0 unspecified atom stereocenters. The van der Waals surface area contributed by atoms with E-state index in [1.165, 1.54) is 0 Å². The summed E-state index contributed by atoms with van der Waals surface area (Å²) < 4.78 is 1.77. The maximum absolute atomic E-state index is 12.5. The lowest BCUT2D eigenvalue weighted by Gasteiger charge is -2.21. The minimum Gasteiger partial charge on any atom is -0.396 e. The number of aliphatic hydroxyl groups is 1. The van der Waals surface area contributed by atoms with Crippen molar-refractivity contribution in [1.82, 2.24) is 24.8 Å². The Balaban J connectivity index is 1.77. The van der Waals surface area contributed by atoms with Crippen LogP contribution in [0.2, 0.25) is 0 Å². The Morgan fingerprint density at radius 2 is 1.93 bits per heavy atom. The zero-order chi connectivity index (χ0) is 19.4. The highest BCUT2D eigenvalue weighted by Gasteiger charge is 2.19. The van der Waals surface area contributed by atoms with Crippen LogP contribution in [0.15, 0.2) is 49.2 Å². The third kappa shape index (κ3) is 4.38. The molecule has 7 heteroatoms. The Labute approximate surface area is 158 Å². The van der Waals surface area contributed by atoms with Gasteiger partial charge in [0, 0.05) is 73.3 Å². The molecule has 3 rings (SSSR count). The first-order chi connectivity index (χ1) is 12.9. The summed E-state index contributed by atoms with van der Waals surface area (Å²) in [7, 11) is 1.82. The third-order valence-electron chi connectivity index (χ3n) is 4.30. The molecule has 3 aromatic rings. The predicted octanol–water partition coefficient (Wildman–Crippen LogP) is 2.29. The molecule has 0 spiro atoms. The van der Waals surface area contributed by atoms with Crippen LogP contribution < -0.4 is 5.32 Å². The van der Waals surface area contributed by atoms with Gasteiger partial charge in [0.25, 0.3) is 5.91 Å². The van der Waals surface area contributed by atoms with Crippen LogP contribution in [0.25, 0.3) is 22.5 Å². The summed E-state index contributed by atoms with van der Waals surface area (Å²) in [5.74, 6) is 0.421. The number of carbonyl (C=O) groups excluding carboxylic acids is 1. The maximum atomic E-state index is 12.5. The molecule has 0 saturated heterocycles. The molecule has 0 fully saturated rings. The normalized spacial score (nSPS) is 11.4. The van der Waals surface area contributed by atoms with Crippen LogP contribution in [0, 0.1) is 5.41 Å². The van der Waals surface area contributed by atoms with Crippen molar-refractivity contribution < 1.29 is 9.90 Å². The zero-order valence-corrected chi connectivity index (χ0v) is 15.7. The molecular weight excluding hydrogens is 342 g/mol. The molecule has 0 radical (unpaired) electrons. The number of pyridine rings is 1. The number of aliphatic hydroxyl groups excluding tert-OH is 1. The van der Waals surface area contributed by atoms with Gasteiger partial charge in [0.05, 0.1) is 0 Å². The van der Waals surface area contributed by atoms with E-state index >= 15 is 0 Å². The summed E-state index contributed by atoms with van der Waals surface area (Å²) in [6, 6.07) is 5.55. The van der Waals surface area contributed by atoms with E-state index in [-0.39, 0.29) is 17.9 Å². The highest BCUT2D eigenvalue weighted by molar-refractivity contribution is 5.94. The van der Waals surface area contributed by atoms with Gasteiger partial charge in [-0.25, -0.2) is 9.97 Å². The Hall–Kier alpha value is -3.06. The number of aryl methyl sites for hydroxylation is 1. The van der Waals surface area contributed by atoms with Gasteiger partial charge < -0.3 is 15.0 Å². The lowest BCUT2D eigenvalue weighted by atomic mass is 9.95. The highest BCUT2D eigenvalue weighted by Crippen LogP contribution is 2.22. The lowest BCUT2D eigenvalue weighted by molar-refractivity contribution is 0.0903. The number of rotatable bonds is 6. The van der Waals surface area contributed by atoms with Crippen molar-refractivity contribution >= 4 is 5.91 Å². The van der Waals surface area contributed by atoms with E-state index in [1.807, 2.05) is 45.3 Å². The fraction of sp³-hybridized carbons (Fsp3) is 0.300. The van der Waals surface area contributed by atoms with E-state index < -0.39 is 0 Å². The van der Waals surface area contributed by atoms with Gasteiger partial charge in [-0.2, -0.15) is 0 Å². The van der Waals surface area contributed by atoms with Crippen molar-refractivity contribution in [2.45, 2.75) is 13.8 Å². The van der Waals surface area contributed by atoms with E-state index in [4.69, 9.17) is 0 Å². The molecule has 3 heterocycles. The summed E-state index contributed by atoms with van der Waals surface area (Å²) in [4.78, 5) is 25.3. The Morgan fingerprint density at radius 3 is 2.56 bits per heavy atom. The molecule has 140 valence electrons. The van der Waals surface area contributed by atoms with Crippen LogP contribution in [0.5, 0.6) is 0 Å². The Kier molecular flexibility index (Phi) is 5.32. The molecular formula is C20H23N5O2. The number of carbonyl (C=O) groups is 1. The van der Waals surface area contributed by atoms with Gasteiger partial charge in [0.15, 0.2) is 5.82 Å². The maximum Gasteiger partial charge on any atom is 0.267 e. The third-order valence-corrected chi connectivity index (χ3v) is 4.30. The van der Waals surface area contributed by atoms with Gasteiger partial charge in [0.2, 0.25) is 0 Å². The monoisotopic (exact) mass is 365 g/mol. The molecule has 0 aromatic carbocycles. The molecule has 7 nitrogen and oxygen atoms in total. The molecule has 0 aliphatic carbocycles. The van der Waals surface area contributed by atoms with Crippen LogP contribution in [0.1, 0.15) is 24.3 Å². The number of hydrogen-bond donors (Lipinski definition) is 2. The van der Waals surface area contributed by atoms with Gasteiger partial charge in [-0.15, -0.1) is 0 Å². The quantitative estimate of drug-likeness (QED) is 0.699. The second-order valence-corrected chi connectivity index (χ2v) is 7.27. The van der Waals surface area contributed by atoms with Gasteiger partial charge in [0.1, 0.15) is 5.69 Å². The summed E-state index contributed by atoms with van der Waals surface area (Å²) in [5.41, 5.74) is 2.72. The summed E-state index contributed by atoms with van der Waals surface area (Å²) in [6.07, 6.45) is 8.76. The second-order valence-electron chi connectivity index (χ2n) is 7.27. The second kappa shape index (κ2) is 7.67. The molecule has 0 saturated carbocycles. The van der Waals surface area contributed by atoms with Crippen molar-refractivity contribution in [2.75, 3.05) is 13.2 Å². The zero-order valence-electron chi connectivity index (χ0n) is 15.7. The number of nitrogens with one attached hydrogen (secondary N) is 1. The number of nitrogens with zero attached hydrogens (tertiary/aromatic N) is 4. The van der Waals surface area contributed by atoms with Crippen molar-refractivity contribution in [3.8, 4) is 22.5 Å². The van der Waals surface area contributed by atoms with Crippen LogP contribution in [0.4, 0.5) is 0 Å². The summed E-state index contributed by atoms with van der Waals surface area (Å²) in [5, 5.41) is 12.2. The fourth-order valence-electron chi connectivity index (χ4n) is 2.54. The molecule has 2 N–H and O–H groups in total. The van der Waals surface area contributed by atoms with Gasteiger partial charge >= 0.3 is 0 Å². The van der Waals surface area contributed by atoms with Gasteiger partial charge in [-0.3, -0.25) is 9.78 Å². The van der Waals surface area contributed by atoms with E-state index in [0.29, 0.717) is 18.1 Å². The fourth-order valence-corrected chi connectivity index (χ4v) is 2.54. The number of hydrogen-bond acceptors (Lipinski definition) is 5. The van der Waals surface area contributed by atoms with Crippen molar-refractivity contribution in [1.29, 1.82) is 0 Å². The van der Waals surface area contributed by atoms with Gasteiger partial charge in [-0.05, 0) is 18.2 Å². The average molecular weight is 365 g/mol. The number of amides is 1. The molecule has 0 aliphatic heterocycles. The average Bonchev–Trinajstić information content (AvgIpc) is 3.09. The predicted molar refractivity (Wildman–Crippen MR) is 103 cm³/mol. The van der Waals surface area contributed by atoms with E-state index in [2.05, 4.69) is 20.3 Å². The first-order valence-electron chi connectivity index (χ1n) is 8.68. The minimum atomic E-state index is -0.361. The highest BCUT2D eigenvalue weighted by atomic mass is 16.3. The van der Waals surface area contributed by atoms with E-state index in [9.17, 15) is 9.90 Å². The van der Waals surface area contributed by atoms with Crippen LogP contribution in [-0.4, -0.2) is 43.7 Å². The molecule has 0 aliphatic rings. The van der Waals surface area contributed by atoms with Crippen molar-refractivity contribution in [3.63, 3.8) is 0 Å².